The number of methoxy groups -OCH3 is 1. The van der Waals surface area contributed by atoms with Crippen molar-refractivity contribution in [3.8, 4) is 0 Å². The zero-order valence-electron chi connectivity index (χ0n) is 16.8. The first-order valence-corrected chi connectivity index (χ1v) is 9.01. The summed E-state index contributed by atoms with van der Waals surface area (Å²) in [5.74, 6) is 0.766. The maximum absolute atomic E-state index is 11.7. The molecule has 28 heavy (non-hydrogen) atoms. The molecule has 144 valence electrons. The predicted molar refractivity (Wildman–Crippen MR) is 112 cm³/mol. The van der Waals surface area contributed by atoms with Gasteiger partial charge in [0.25, 0.3) is 0 Å². The van der Waals surface area contributed by atoms with Crippen LogP contribution in [0.1, 0.15) is 32.7 Å². The average Bonchev–Trinajstić information content (AvgIpc) is 2.64. The quantitative estimate of drug-likeness (QED) is 0.611. The van der Waals surface area contributed by atoms with Gasteiger partial charge in [0.05, 0.1) is 12.7 Å². The molecule has 0 aliphatic carbocycles. The van der Waals surface area contributed by atoms with Gasteiger partial charge in [0.2, 0.25) is 5.95 Å². The van der Waals surface area contributed by atoms with E-state index in [0.717, 1.165) is 22.5 Å². The highest BCUT2D eigenvalue weighted by molar-refractivity contribution is 5.90. The fraction of sp³-hybridized carbons (Fsp3) is 0.227. The maximum atomic E-state index is 11.7. The van der Waals surface area contributed by atoms with Crippen LogP contribution < -0.4 is 10.6 Å². The van der Waals surface area contributed by atoms with Crippen LogP contribution in [0.15, 0.2) is 42.5 Å². The van der Waals surface area contributed by atoms with Crippen LogP contribution >= 0.6 is 0 Å². The van der Waals surface area contributed by atoms with Crippen LogP contribution in [0.3, 0.4) is 0 Å². The van der Waals surface area contributed by atoms with E-state index in [-0.39, 0.29) is 5.97 Å². The Bertz CT molecular complexity index is 1010. The van der Waals surface area contributed by atoms with Crippen LogP contribution in [0.25, 0.3) is 0 Å². The summed E-state index contributed by atoms with van der Waals surface area (Å²) in [5.41, 5.74) is 6.59. The molecule has 6 nitrogen and oxygen atoms in total. The second-order valence-corrected chi connectivity index (χ2v) is 6.81. The third-order valence-electron chi connectivity index (χ3n) is 4.32. The van der Waals surface area contributed by atoms with Gasteiger partial charge in [0.1, 0.15) is 5.82 Å². The van der Waals surface area contributed by atoms with Gasteiger partial charge >= 0.3 is 5.97 Å². The Morgan fingerprint density at radius 3 is 2.32 bits per heavy atom. The van der Waals surface area contributed by atoms with E-state index in [2.05, 4.69) is 53.5 Å². The van der Waals surface area contributed by atoms with Crippen molar-refractivity contribution in [3.05, 3.63) is 70.4 Å². The third kappa shape index (κ3) is 4.46. The lowest BCUT2D eigenvalue weighted by Gasteiger charge is -2.15. The summed E-state index contributed by atoms with van der Waals surface area (Å²) < 4.78 is 4.77. The minimum Gasteiger partial charge on any atom is -0.465 e. The molecule has 0 bridgehead atoms. The Balaban J connectivity index is 1.88. The Labute approximate surface area is 165 Å². The van der Waals surface area contributed by atoms with Gasteiger partial charge < -0.3 is 15.4 Å². The van der Waals surface area contributed by atoms with E-state index in [0.29, 0.717) is 23.0 Å². The van der Waals surface area contributed by atoms with E-state index in [9.17, 15) is 4.79 Å². The van der Waals surface area contributed by atoms with E-state index < -0.39 is 0 Å². The topological polar surface area (TPSA) is 76.1 Å². The molecule has 2 N–H and O–H groups in total. The summed E-state index contributed by atoms with van der Waals surface area (Å²) in [6.45, 7) is 8.16. The SMILES string of the molecule is COC(=O)c1cccc(Nc2nc(C)cc(Nc3c(C)cc(C)cc3C)n2)c1. The fourth-order valence-electron chi connectivity index (χ4n) is 3.16. The molecule has 0 amide bonds. The van der Waals surface area contributed by atoms with Gasteiger partial charge in [-0.25, -0.2) is 9.78 Å². The van der Waals surface area contributed by atoms with Gasteiger partial charge in [0.15, 0.2) is 0 Å². The minimum atomic E-state index is -0.388. The van der Waals surface area contributed by atoms with Gasteiger partial charge in [-0.05, 0) is 57.0 Å². The molecule has 0 aliphatic heterocycles. The second-order valence-electron chi connectivity index (χ2n) is 6.81. The van der Waals surface area contributed by atoms with Crippen LogP contribution in [-0.4, -0.2) is 23.0 Å². The number of esters is 1. The molecule has 3 aromatic rings. The molecule has 0 aliphatic rings. The molecular weight excluding hydrogens is 352 g/mol. The number of nitrogens with one attached hydrogen (secondary N) is 2. The van der Waals surface area contributed by atoms with Crippen LogP contribution in [0.2, 0.25) is 0 Å². The van der Waals surface area contributed by atoms with Gasteiger partial charge in [-0.3, -0.25) is 0 Å². The highest BCUT2D eigenvalue weighted by Crippen LogP contribution is 2.26. The number of anilines is 4. The normalized spacial score (nSPS) is 10.5. The number of carbonyl (C=O) groups excluding carboxylic acids is 1. The van der Waals surface area contributed by atoms with Crippen molar-refractivity contribution >= 4 is 29.1 Å². The summed E-state index contributed by atoms with van der Waals surface area (Å²) in [6, 6.07) is 13.2. The molecule has 0 atom stereocenters. The van der Waals surface area contributed by atoms with Crippen molar-refractivity contribution in [2.75, 3.05) is 17.7 Å². The monoisotopic (exact) mass is 376 g/mol. The van der Waals surface area contributed by atoms with Gasteiger partial charge in [-0.15, -0.1) is 0 Å². The van der Waals surface area contributed by atoms with Crippen molar-refractivity contribution < 1.29 is 9.53 Å². The Morgan fingerprint density at radius 2 is 1.64 bits per heavy atom. The molecule has 6 heteroatoms. The number of aryl methyl sites for hydroxylation is 4. The molecule has 0 fully saturated rings. The summed E-state index contributed by atoms with van der Waals surface area (Å²) >= 11 is 0. The first kappa shape index (κ1) is 19.4. The molecule has 2 aromatic carbocycles. The van der Waals surface area contributed by atoms with Crippen molar-refractivity contribution in [1.29, 1.82) is 0 Å². The molecule has 1 heterocycles. The molecule has 0 saturated carbocycles. The number of hydrogen-bond acceptors (Lipinski definition) is 6. The molecule has 0 saturated heterocycles. The third-order valence-corrected chi connectivity index (χ3v) is 4.32. The lowest BCUT2D eigenvalue weighted by Crippen LogP contribution is -2.05. The Morgan fingerprint density at radius 1 is 0.929 bits per heavy atom. The predicted octanol–water partition coefficient (Wildman–Crippen LogP) is 4.98. The molecule has 1 aromatic heterocycles. The Hall–Kier alpha value is -3.41. The first-order valence-electron chi connectivity index (χ1n) is 9.01. The molecule has 0 spiro atoms. The molecule has 0 unspecified atom stereocenters. The van der Waals surface area contributed by atoms with Crippen molar-refractivity contribution in [2.45, 2.75) is 27.7 Å². The first-order chi connectivity index (χ1) is 13.4. The van der Waals surface area contributed by atoms with Crippen LogP contribution in [0, 0.1) is 27.7 Å². The van der Waals surface area contributed by atoms with Crippen molar-refractivity contribution in [2.24, 2.45) is 0 Å². The standard InChI is InChI=1S/C22H24N4O2/c1-13-9-14(2)20(15(3)10-13)25-19-11-16(4)23-22(26-19)24-18-8-6-7-17(12-18)21(27)28-5/h6-12H,1-5H3,(H2,23,24,25,26). The van der Waals surface area contributed by atoms with Crippen molar-refractivity contribution in [3.63, 3.8) is 0 Å². The van der Waals surface area contributed by atoms with Crippen LogP contribution in [-0.2, 0) is 4.74 Å². The van der Waals surface area contributed by atoms with Gasteiger partial charge in [0, 0.05) is 23.1 Å². The highest BCUT2D eigenvalue weighted by Gasteiger charge is 2.09. The van der Waals surface area contributed by atoms with E-state index in [4.69, 9.17) is 4.74 Å². The van der Waals surface area contributed by atoms with E-state index >= 15 is 0 Å². The zero-order valence-corrected chi connectivity index (χ0v) is 16.8. The summed E-state index contributed by atoms with van der Waals surface area (Å²) in [7, 11) is 1.36. The summed E-state index contributed by atoms with van der Waals surface area (Å²) in [6.07, 6.45) is 0. The number of ether oxygens (including phenoxy) is 1. The lowest BCUT2D eigenvalue weighted by molar-refractivity contribution is 0.0601. The zero-order chi connectivity index (χ0) is 20.3. The minimum absolute atomic E-state index is 0.388. The van der Waals surface area contributed by atoms with Gasteiger partial charge in [-0.2, -0.15) is 4.98 Å². The van der Waals surface area contributed by atoms with Crippen LogP contribution in [0.5, 0.6) is 0 Å². The molecule has 0 radical (unpaired) electrons. The van der Waals surface area contributed by atoms with E-state index in [1.165, 1.54) is 12.7 Å². The number of aromatic nitrogens is 2. The number of nitrogens with zero attached hydrogens (tertiary/aromatic N) is 2. The smallest absolute Gasteiger partial charge is 0.337 e. The van der Waals surface area contributed by atoms with Crippen LogP contribution in [0.4, 0.5) is 23.1 Å². The summed E-state index contributed by atoms with van der Waals surface area (Å²) in [4.78, 5) is 20.7. The number of carbonyl (C=O) groups is 1. The maximum Gasteiger partial charge on any atom is 0.337 e. The summed E-state index contributed by atoms with van der Waals surface area (Å²) in [5, 5.41) is 6.57. The van der Waals surface area contributed by atoms with E-state index in [1.807, 2.05) is 19.1 Å². The lowest BCUT2D eigenvalue weighted by atomic mass is 10.1. The molecular formula is C22H24N4O2. The van der Waals surface area contributed by atoms with E-state index in [1.54, 1.807) is 18.2 Å². The Kier molecular flexibility index (Phi) is 5.59. The second kappa shape index (κ2) is 8.08. The highest BCUT2D eigenvalue weighted by atomic mass is 16.5. The van der Waals surface area contributed by atoms with Gasteiger partial charge in [-0.1, -0.05) is 23.8 Å². The molecule has 3 rings (SSSR count). The fourth-order valence-corrected chi connectivity index (χ4v) is 3.16. The number of benzene rings is 2. The number of rotatable bonds is 5. The average molecular weight is 376 g/mol. The number of hydrogen-bond donors (Lipinski definition) is 2. The van der Waals surface area contributed by atoms with Crippen molar-refractivity contribution in [1.82, 2.24) is 9.97 Å². The largest absolute Gasteiger partial charge is 0.465 e.